The summed E-state index contributed by atoms with van der Waals surface area (Å²) in [5.41, 5.74) is 2.74. The second-order valence-corrected chi connectivity index (χ2v) is 5.56. The maximum Gasteiger partial charge on any atom is 0.158 e. The largest absolute Gasteiger partial charge is 0.352 e. The van der Waals surface area contributed by atoms with Crippen LogP contribution in [0.1, 0.15) is 5.69 Å². The van der Waals surface area contributed by atoms with Gasteiger partial charge in [-0.05, 0) is 19.1 Å². The van der Waals surface area contributed by atoms with Gasteiger partial charge in [0.25, 0.3) is 0 Å². The van der Waals surface area contributed by atoms with Gasteiger partial charge in [-0.1, -0.05) is 0 Å². The highest BCUT2D eigenvalue weighted by Gasteiger charge is 2.21. The fraction of sp³-hybridized carbons (Fsp3) is 0.312. The average Bonchev–Trinajstić information content (AvgIpc) is 2.62. The number of anilines is 2. The Morgan fingerprint density at radius 2 is 1.74 bits per heavy atom. The van der Waals surface area contributed by atoms with Crippen LogP contribution in [0.15, 0.2) is 37.1 Å². The molecule has 0 aliphatic carbocycles. The lowest BCUT2D eigenvalue weighted by Gasteiger charge is -2.35. The third-order valence-corrected chi connectivity index (χ3v) is 4.05. The molecule has 1 aliphatic rings. The number of aryl methyl sites for hydroxylation is 1. The Kier molecular flexibility index (Phi) is 3.45. The fourth-order valence-corrected chi connectivity index (χ4v) is 2.86. The molecule has 0 aromatic carbocycles. The van der Waals surface area contributed by atoms with Crippen molar-refractivity contribution in [2.24, 2.45) is 0 Å². The molecule has 0 radical (unpaired) electrons. The van der Waals surface area contributed by atoms with Crippen LogP contribution in [0.3, 0.4) is 0 Å². The second-order valence-electron chi connectivity index (χ2n) is 5.56. The Bertz CT molecular complexity index is 813. The SMILES string of the molecule is Cc1ccc2ncnc(N3CCN(c4cnccn4)CC3)c2n1. The Balaban J connectivity index is 1.58. The highest BCUT2D eigenvalue weighted by Crippen LogP contribution is 2.23. The first-order chi connectivity index (χ1) is 11.3. The molecule has 3 aromatic heterocycles. The van der Waals surface area contributed by atoms with Gasteiger partial charge < -0.3 is 9.80 Å². The van der Waals surface area contributed by atoms with E-state index in [1.165, 1.54) is 0 Å². The summed E-state index contributed by atoms with van der Waals surface area (Å²) in [5, 5.41) is 0. The summed E-state index contributed by atoms with van der Waals surface area (Å²) < 4.78 is 0. The predicted octanol–water partition coefficient (Wildman–Crippen LogP) is 1.45. The maximum atomic E-state index is 4.63. The molecule has 1 saturated heterocycles. The molecule has 1 aliphatic heterocycles. The minimum Gasteiger partial charge on any atom is -0.352 e. The van der Waals surface area contributed by atoms with Crippen LogP contribution in [-0.2, 0) is 0 Å². The molecule has 0 amide bonds. The first kappa shape index (κ1) is 13.8. The van der Waals surface area contributed by atoms with Gasteiger partial charge in [-0.2, -0.15) is 0 Å². The van der Waals surface area contributed by atoms with Crippen molar-refractivity contribution in [1.29, 1.82) is 0 Å². The van der Waals surface area contributed by atoms with Gasteiger partial charge in [0.15, 0.2) is 5.82 Å². The minimum atomic E-state index is 0.873. The molecule has 0 unspecified atom stereocenters. The van der Waals surface area contributed by atoms with Crippen molar-refractivity contribution in [3.63, 3.8) is 0 Å². The molecular weight excluding hydrogens is 290 g/mol. The number of rotatable bonds is 2. The zero-order valence-electron chi connectivity index (χ0n) is 12.9. The molecular formula is C16H17N7. The summed E-state index contributed by atoms with van der Waals surface area (Å²) in [5.74, 6) is 1.84. The third-order valence-electron chi connectivity index (χ3n) is 4.05. The van der Waals surface area contributed by atoms with Crippen LogP contribution in [0.5, 0.6) is 0 Å². The molecule has 4 heterocycles. The van der Waals surface area contributed by atoms with E-state index in [0.717, 1.165) is 54.5 Å². The highest BCUT2D eigenvalue weighted by atomic mass is 15.3. The number of aromatic nitrogens is 5. The van der Waals surface area contributed by atoms with Crippen LogP contribution in [0.25, 0.3) is 11.0 Å². The van der Waals surface area contributed by atoms with Gasteiger partial charge >= 0.3 is 0 Å². The summed E-state index contributed by atoms with van der Waals surface area (Å²) in [7, 11) is 0. The van der Waals surface area contributed by atoms with Gasteiger partial charge in [0.2, 0.25) is 0 Å². The lowest BCUT2D eigenvalue weighted by Crippen LogP contribution is -2.47. The molecule has 3 aromatic rings. The maximum absolute atomic E-state index is 4.63. The molecule has 23 heavy (non-hydrogen) atoms. The molecule has 0 spiro atoms. The standard InChI is InChI=1S/C16H17N7/c1-12-2-3-13-15(21-12)16(20-11-19-13)23-8-6-22(7-9-23)14-10-17-4-5-18-14/h2-5,10-11H,6-9H2,1H3. The van der Waals surface area contributed by atoms with E-state index in [4.69, 9.17) is 0 Å². The third kappa shape index (κ3) is 2.65. The normalized spacial score (nSPS) is 15.2. The molecule has 0 atom stereocenters. The van der Waals surface area contributed by atoms with E-state index in [-0.39, 0.29) is 0 Å². The molecule has 1 fully saturated rings. The van der Waals surface area contributed by atoms with Crippen molar-refractivity contribution in [1.82, 2.24) is 24.9 Å². The van der Waals surface area contributed by atoms with Gasteiger partial charge in [0.05, 0.1) is 11.7 Å². The molecule has 0 N–H and O–H groups in total. The fourth-order valence-electron chi connectivity index (χ4n) is 2.86. The van der Waals surface area contributed by atoms with Gasteiger partial charge in [-0.15, -0.1) is 0 Å². The van der Waals surface area contributed by atoms with E-state index in [1.54, 1.807) is 24.9 Å². The van der Waals surface area contributed by atoms with Gasteiger partial charge in [0, 0.05) is 44.3 Å². The van der Waals surface area contributed by atoms with Crippen molar-refractivity contribution in [3.05, 3.63) is 42.7 Å². The second kappa shape index (κ2) is 5.75. The van der Waals surface area contributed by atoms with E-state index >= 15 is 0 Å². The zero-order valence-corrected chi connectivity index (χ0v) is 12.9. The van der Waals surface area contributed by atoms with E-state index in [2.05, 4.69) is 34.7 Å². The van der Waals surface area contributed by atoms with Crippen molar-refractivity contribution in [2.45, 2.75) is 6.92 Å². The van der Waals surface area contributed by atoms with E-state index < -0.39 is 0 Å². The van der Waals surface area contributed by atoms with Crippen LogP contribution >= 0.6 is 0 Å². The predicted molar refractivity (Wildman–Crippen MR) is 88.5 cm³/mol. The Hall–Kier alpha value is -2.83. The Morgan fingerprint density at radius 1 is 0.913 bits per heavy atom. The summed E-state index contributed by atoms with van der Waals surface area (Å²) >= 11 is 0. The highest BCUT2D eigenvalue weighted by molar-refractivity contribution is 5.85. The smallest absolute Gasteiger partial charge is 0.158 e. The van der Waals surface area contributed by atoms with E-state index in [1.807, 2.05) is 19.1 Å². The monoisotopic (exact) mass is 307 g/mol. The Morgan fingerprint density at radius 3 is 2.52 bits per heavy atom. The van der Waals surface area contributed by atoms with E-state index in [0.29, 0.717) is 0 Å². The number of hydrogen-bond acceptors (Lipinski definition) is 7. The molecule has 0 saturated carbocycles. The molecule has 0 bridgehead atoms. The van der Waals surface area contributed by atoms with Crippen LogP contribution in [-0.4, -0.2) is 51.1 Å². The van der Waals surface area contributed by atoms with Crippen molar-refractivity contribution in [2.75, 3.05) is 36.0 Å². The molecule has 7 nitrogen and oxygen atoms in total. The first-order valence-electron chi connectivity index (χ1n) is 7.65. The van der Waals surface area contributed by atoms with E-state index in [9.17, 15) is 0 Å². The number of hydrogen-bond donors (Lipinski definition) is 0. The van der Waals surface area contributed by atoms with Crippen molar-refractivity contribution in [3.8, 4) is 0 Å². The molecule has 116 valence electrons. The van der Waals surface area contributed by atoms with Gasteiger partial charge in [-0.25, -0.2) is 19.9 Å². The number of piperazine rings is 1. The number of fused-ring (bicyclic) bond motifs is 1. The lowest BCUT2D eigenvalue weighted by atomic mass is 10.2. The van der Waals surface area contributed by atoms with Crippen LogP contribution in [0.4, 0.5) is 11.6 Å². The molecule has 4 rings (SSSR count). The van der Waals surface area contributed by atoms with Crippen LogP contribution < -0.4 is 9.80 Å². The quantitative estimate of drug-likeness (QED) is 0.709. The van der Waals surface area contributed by atoms with Gasteiger partial charge in [0.1, 0.15) is 17.7 Å². The number of nitrogens with zero attached hydrogens (tertiary/aromatic N) is 7. The topological polar surface area (TPSA) is 70.9 Å². The average molecular weight is 307 g/mol. The van der Waals surface area contributed by atoms with Crippen molar-refractivity contribution < 1.29 is 0 Å². The lowest BCUT2D eigenvalue weighted by molar-refractivity contribution is 0.641. The van der Waals surface area contributed by atoms with Gasteiger partial charge in [-0.3, -0.25) is 4.98 Å². The summed E-state index contributed by atoms with van der Waals surface area (Å²) in [6, 6.07) is 3.98. The summed E-state index contributed by atoms with van der Waals surface area (Å²) in [6.07, 6.45) is 6.84. The van der Waals surface area contributed by atoms with Crippen LogP contribution in [0.2, 0.25) is 0 Å². The summed E-state index contributed by atoms with van der Waals surface area (Å²) in [6.45, 7) is 5.50. The zero-order chi connectivity index (χ0) is 15.6. The summed E-state index contributed by atoms with van der Waals surface area (Å²) in [4.78, 5) is 26.4. The number of pyridine rings is 1. The first-order valence-corrected chi connectivity index (χ1v) is 7.65. The Labute approximate surface area is 134 Å². The van der Waals surface area contributed by atoms with Crippen molar-refractivity contribution >= 4 is 22.7 Å². The van der Waals surface area contributed by atoms with Crippen LogP contribution in [0, 0.1) is 6.92 Å². The minimum absolute atomic E-state index is 0.873. The molecule has 7 heteroatoms.